The largest absolute Gasteiger partial charge is 0.497 e. The normalized spacial score (nSPS) is 14.3. The van der Waals surface area contributed by atoms with Crippen molar-refractivity contribution in [2.45, 2.75) is 51.7 Å². The van der Waals surface area contributed by atoms with Crippen LogP contribution in [0.3, 0.4) is 0 Å². The van der Waals surface area contributed by atoms with Gasteiger partial charge in [-0.2, -0.15) is 13.2 Å². The molecule has 0 bridgehead atoms. The number of anilines is 1. The number of rotatable bonds is 8. The molecule has 2 heterocycles. The lowest BCUT2D eigenvalue weighted by Crippen LogP contribution is -2.33. The van der Waals surface area contributed by atoms with E-state index in [1.165, 1.54) is 18.1 Å². The van der Waals surface area contributed by atoms with E-state index in [9.17, 15) is 36.3 Å². The summed E-state index contributed by atoms with van der Waals surface area (Å²) in [5, 5.41) is 5.06. The van der Waals surface area contributed by atoms with Gasteiger partial charge in [-0.25, -0.2) is 13.6 Å². The standard InChI is InChI=1S/C35H30ClF5N4O5/c1-34(2,3)50-33(48)43-15-26-29-28(27(16-42-26)44-31(46)19-11-20(35(39,40)41)13-22(38)12-19)30(24-14-21(37)7-10-25(24)36)45(32(29)47)17-18-5-8-23(49-4)9-6-18/h5-14,16,30H,15,17H2,1-4H3,(H,43,48)(H,44,46). The number of nitrogens with one attached hydrogen (secondary N) is 2. The average Bonchev–Trinajstić information content (AvgIpc) is 3.32. The summed E-state index contributed by atoms with van der Waals surface area (Å²) in [4.78, 5) is 46.0. The first-order chi connectivity index (χ1) is 23.4. The first-order valence-electron chi connectivity index (χ1n) is 15.0. The van der Waals surface area contributed by atoms with Crippen molar-refractivity contribution in [3.05, 3.63) is 123 Å². The van der Waals surface area contributed by atoms with E-state index < -0.39 is 58.5 Å². The highest BCUT2D eigenvalue weighted by molar-refractivity contribution is 6.31. The molecule has 15 heteroatoms. The molecule has 1 atom stereocenters. The Morgan fingerprint density at radius 3 is 2.32 bits per heavy atom. The lowest BCUT2D eigenvalue weighted by Gasteiger charge is -2.27. The van der Waals surface area contributed by atoms with Gasteiger partial charge in [0.25, 0.3) is 11.8 Å². The number of hydrogen-bond donors (Lipinski definition) is 2. The van der Waals surface area contributed by atoms with Crippen LogP contribution < -0.4 is 15.4 Å². The second kappa shape index (κ2) is 13.9. The topological polar surface area (TPSA) is 110 Å². The van der Waals surface area contributed by atoms with Crippen molar-refractivity contribution in [1.82, 2.24) is 15.2 Å². The minimum Gasteiger partial charge on any atom is -0.497 e. The number of nitrogens with zero attached hydrogens (tertiary/aromatic N) is 2. The summed E-state index contributed by atoms with van der Waals surface area (Å²) in [5.41, 5.74) is -2.31. The second-order valence-corrected chi connectivity index (χ2v) is 12.7. The van der Waals surface area contributed by atoms with Crippen LogP contribution in [0.15, 0.2) is 66.9 Å². The maximum absolute atomic E-state index is 14.8. The molecule has 4 aromatic rings. The number of carbonyl (C=O) groups excluding carboxylic acids is 3. The molecule has 3 aromatic carbocycles. The van der Waals surface area contributed by atoms with Crippen LogP contribution >= 0.6 is 11.6 Å². The lowest BCUT2D eigenvalue weighted by molar-refractivity contribution is -0.137. The van der Waals surface area contributed by atoms with Crippen molar-refractivity contribution in [1.29, 1.82) is 0 Å². The number of amides is 3. The third kappa shape index (κ3) is 7.96. The molecule has 0 aliphatic carbocycles. The molecule has 0 radical (unpaired) electrons. The van der Waals surface area contributed by atoms with Gasteiger partial charge in [0.1, 0.15) is 23.0 Å². The Labute approximate surface area is 288 Å². The summed E-state index contributed by atoms with van der Waals surface area (Å²) >= 11 is 6.59. The smallest absolute Gasteiger partial charge is 0.416 e. The van der Waals surface area contributed by atoms with Crippen LogP contribution in [-0.4, -0.2) is 40.5 Å². The zero-order valence-corrected chi connectivity index (χ0v) is 27.8. The Balaban J connectivity index is 1.66. The van der Waals surface area contributed by atoms with Gasteiger partial charge < -0.3 is 25.0 Å². The average molecular weight is 717 g/mol. The van der Waals surface area contributed by atoms with E-state index in [0.717, 1.165) is 18.3 Å². The third-order valence-corrected chi connectivity index (χ3v) is 7.90. The molecule has 5 rings (SSSR count). The van der Waals surface area contributed by atoms with Crippen LogP contribution in [0.25, 0.3) is 0 Å². The number of ether oxygens (including phenoxy) is 2. The van der Waals surface area contributed by atoms with Crippen molar-refractivity contribution >= 4 is 35.2 Å². The molecule has 0 saturated heterocycles. The predicted octanol–water partition coefficient (Wildman–Crippen LogP) is 8.06. The Morgan fingerprint density at radius 2 is 1.68 bits per heavy atom. The molecule has 1 aliphatic rings. The number of alkyl halides is 3. The number of hydrogen-bond acceptors (Lipinski definition) is 6. The fourth-order valence-electron chi connectivity index (χ4n) is 5.43. The van der Waals surface area contributed by atoms with Crippen LogP contribution in [-0.2, 0) is 24.0 Å². The van der Waals surface area contributed by atoms with E-state index in [2.05, 4.69) is 15.6 Å². The van der Waals surface area contributed by atoms with Gasteiger partial charge in [-0.1, -0.05) is 23.7 Å². The molecule has 0 spiro atoms. The molecular weight excluding hydrogens is 687 g/mol. The van der Waals surface area contributed by atoms with Gasteiger partial charge >= 0.3 is 12.3 Å². The molecule has 2 N–H and O–H groups in total. The molecule has 0 saturated carbocycles. The minimum absolute atomic E-state index is 0.0359. The molecular formula is C35H30ClF5N4O5. The highest BCUT2D eigenvalue weighted by Crippen LogP contribution is 2.46. The van der Waals surface area contributed by atoms with E-state index >= 15 is 0 Å². The quantitative estimate of drug-likeness (QED) is 0.179. The zero-order valence-electron chi connectivity index (χ0n) is 27.0. The first-order valence-corrected chi connectivity index (χ1v) is 15.4. The van der Waals surface area contributed by atoms with Gasteiger partial charge in [0, 0.05) is 28.3 Å². The van der Waals surface area contributed by atoms with Gasteiger partial charge in [-0.05, 0) is 74.9 Å². The fraction of sp³-hybridized carbons (Fsp3) is 0.257. The van der Waals surface area contributed by atoms with Crippen LogP contribution in [0.4, 0.5) is 32.4 Å². The van der Waals surface area contributed by atoms with Crippen LogP contribution in [0.5, 0.6) is 5.75 Å². The summed E-state index contributed by atoms with van der Waals surface area (Å²) in [6, 6.07) is 10.4. The molecule has 9 nitrogen and oxygen atoms in total. The number of alkyl carbamates (subject to hydrolysis) is 1. The summed E-state index contributed by atoms with van der Waals surface area (Å²) < 4.78 is 80.0. The number of pyridine rings is 1. The molecule has 1 aromatic heterocycles. The number of fused-ring (bicyclic) bond motifs is 1. The number of methoxy groups -OCH3 is 1. The zero-order chi connectivity index (χ0) is 36.5. The van der Waals surface area contributed by atoms with Gasteiger partial charge in [0.2, 0.25) is 0 Å². The van der Waals surface area contributed by atoms with Gasteiger partial charge in [0.05, 0.1) is 48.4 Å². The van der Waals surface area contributed by atoms with Crippen molar-refractivity contribution in [2.24, 2.45) is 0 Å². The first kappa shape index (κ1) is 36.1. The number of halogens is 6. The van der Waals surface area contributed by atoms with Gasteiger partial charge in [-0.15, -0.1) is 0 Å². The van der Waals surface area contributed by atoms with E-state index in [4.69, 9.17) is 21.1 Å². The van der Waals surface area contributed by atoms with Crippen molar-refractivity contribution in [2.75, 3.05) is 12.4 Å². The fourth-order valence-corrected chi connectivity index (χ4v) is 5.65. The maximum Gasteiger partial charge on any atom is 0.416 e. The Morgan fingerprint density at radius 1 is 0.980 bits per heavy atom. The molecule has 3 amide bonds. The van der Waals surface area contributed by atoms with E-state index in [1.54, 1.807) is 45.0 Å². The Bertz CT molecular complexity index is 1970. The SMILES string of the molecule is COc1ccc(CN2C(=O)c3c(CNC(=O)OC(C)(C)C)ncc(NC(=O)c4cc(F)cc(C(F)(F)F)c4)c3C2c2cc(F)ccc2Cl)cc1. The highest BCUT2D eigenvalue weighted by Gasteiger charge is 2.43. The number of aromatic nitrogens is 1. The Hall–Kier alpha value is -5.24. The molecule has 262 valence electrons. The Kier molecular flexibility index (Phi) is 10.1. The van der Waals surface area contributed by atoms with Crippen LogP contribution in [0.1, 0.15) is 75.5 Å². The van der Waals surface area contributed by atoms with Crippen LogP contribution in [0, 0.1) is 11.6 Å². The number of carbonyl (C=O) groups is 3. The number of benzene rings is 3. The van der Waals surface area contributed by atoms with Crippen molar-refractivity contribution in [3.63, 3.8) is 0 Å². The maximum atomic E-state index is 14.8. The van der Waals surface area contributed by atoms with Gasteiger partial charge in [0.15, 0.2) is 0 Å². The lowest BCUT2D eigenvalue weighted by atomic mass is 9.95. The third-order valence-electron chi connectivity index (χ3n) is 7.56. The second-order valence-electron chi connectivity index (χ2n) is 12.3. The summed E-state index contributed by atoms with van der Waals surface area (Å²) in [7, 11) is 1.49. The summed E-state index contributed by atoms with van der Waals surface area (Å²) in [6.45, 7) is 4.58. The van der Waals surface area contributed by atoms with E-state index in [0.29, 0.717) is 23.4 Å². The van der Waals surface area contributed by atoms with Crippen molar-refractivity contribution < 1.29 is 45.8 Å². The molecule has 1 unspecified atom stereocenters. The minimum atomic E-state index is -4.95. The summed E-state index contributed by atoms with van der Waals surface area (Å²) in [6.07, 6.45) is -4.63. The van der Waals surface area contributed by atoms with E-state index in [-0.39, 0.29) is 52.3 Å². The van der Waals surface area contributed by atoms with Gasteiger partial charge in [-0.3, -0.25) is 14.6 Å². The monoisotopic (exact) mass is 716 g/mol. The van der Waals surface area contributed by atoms with Crippen molar-refractivity contribution in [3.8, 4) is 5.75 Å². The predicted molar refractivity (Wildman–Crippen MR) is 173 cm³/mol. The molecule has 0 fully saturated rings. The highest BCUT2D eigenvalue weighted by atomic mass is 35.5. The van der Waals surface area contributed by atoms with Crippen LogP contribution in [0.2, 0.25) is 5.02 Å². The van der Waals surface area contributed by atoms with E-state index in [1.807, 2.05) is 0 Å². The molecule has 50 heavy (non-hydrogen) atoms. The summed E-state index contributed by atoms with van der Waals surface area (Å²) in [5.74, 6) is -3.24. The molecule has 1 aliphatic heterocycles.